The van der Waals surface area contributed by atoms with Gasteiger partial charge in [0.25, 0.3) is 5.91 Å². The van der Waals surface area contributed by atoms with E-state index in [1.807, 2.05) is 18.4 Å². The predicted molar refractivity (Wildman–Crippen MR) is 140 cm³/mol. The number of anilines is 1. The zero-order valence-corrected chi connectivity index (χ0v) is 22.0. The van der Waals surface area contributed by atoms with Crippen molar-refractivity contribution in [3.8, 4) is 0 Å². The molecule has 0 radical (unpaired) electrons. The maximum atomic E-state index is 12.5. The number of carbonyl (C=O) groups excluding carboxylic acids is 3. The highest BCUT2D eigenvalue weighted by atomic mass is 35.5. The number of halogens is 2. The lowest BCUT2D eigenvalue weighted by molar-refractivity contribution is -0.113. The van der Waals surface area contributed by atoms with E-state index in [0.717, 1.165) is 6.42 Å². The predicted octanol–water partition coefficient (Wildman–Crippen LogP) is 4.83. The SMILES string of the molecule is CCCOC(=O)c1cccc(NC(=O)CSc2nnc(CNC(=O)c3ccc(Cl)c(Cl)c3)n2CC)c1. The summed E-state index contributed by atoms with van der Waals surface area (Å²) in [6, 6.07) is 11.2. The molecule has 3 rings (SSSR count). The fourth-order valence-corrected chi connectivity index (χ4v) is 4.22. The molecule has 0 unspecified atom stereocenters. The van der Waals surface area contributed by atoms with E-state index in [-0.39, 0.29) is 24.1 Å². The van der Waals surface area contributed by atoms with Gasteiger partial charge < -0.3 is 19.9 Å². The van der Waals surface area contributed by atoms with Crippen LogP contribution in [0.1, 0.15) is 46.8 Å². The molecule has 12 heteroatoms. The lowest BCUT2D eigenvalue weighted by atomic mass is 10.2. The molecule has 2 aromatic carbocycles. The molecule has 36 heavy (non-hydrogen) atoms. The number of nitrogens with zero attached hydrogens (tertiary/aromatic N) is 3. The molecule has 0 bridgehead atoms. The summed E-state index contributed by atoms with van der Waals surface area (Å²) in [7, 11) is 0. The maximum absolute atomic E-state index is 12.5. The van der Waals surface area contributed by atoms with Crippen molar-refractivity contribution >= 4 is 58.4 Å². The van der Waals surface area contributed by atoms with E-state index in [4.69, 9.17) is 27.9 Å². The van der Waals surface area contributed by atoms with Crippen LogP contribution in [0.3, 0.4) is 0 Å². The molecule has 0 aliphatic rings. The minimum Gasteiger partial charge on any atom is -0.462 e. The molecule has 2 amide bonds. The van der Waals surface area contributed by atoms with Gasteiger partial charge in [0.1, 0.15) is 0 Å². The highest BCUT2D eigenvalue weighted by Crippen LogP contribution is 2.23. The van der Waals surface area contributed by atoms with Crippen molar-refractivity contribution in [2.75, 3.05) is 17.7 Å². The van der Waals surface area contributed by atoms with Crippen LogP contribution in [0.2, 0.25) is 10.0 Å². The Morgan fingerprint density at radius 3 is 2.56 bits per heavy atom. The fraction of sp³-hybridized carbons (Fsp3) is 0.292. The van der Waals surface area contributed by atoms with Crippen molar-refractivity contribution < 1.29 is 19.1 Å². The second kappa shape index (κ2) is 13.3. The van der Waals surface area contributed by atoms with E-state index in [0.29, 0.717) is 51.0 Å². The zero-order valence-electron chi connectivity index (χ0n) is 19.7. The molecule has 0 saturated carbocycles. The fourth-order valence-electron chi connectivity index (χ4n) is 3.10. The average Bonchev–Trinajstić information content (AvgIpc) is 3.28. The summed E-state index contributed by atoms with van der Waals surface area (Å²) in [5, 5.41) is 15.1. The van der Waals surface area contributed by atoms with Crippen molar-refractivity contribution in [1.29, 1.82) is 0 Å². The second-order valence-corrected chi connectivity index (χ2v) is 9.27. The highest BCUT2D eigenvalue weighted by Gasteiger charge is 2.16. The number of thioether (sulfide) groups is 1. The third kappa shape index (κ3) is 7.46. The number of aromatic nitrogens is 3. The molecule has 9 nitrogen and oxygen atoms in total. The maximum Gasteiger partial charge on any atom is 0.338 e. The molecule has 0 spiro atoms. The average molecular weight is 550 g/mol. The van der Waals surface area contributed by atoms with Crippen molar-refractivity contribution in [3.63, 3.8) is 0 Å². The number of rotatable bonds is 11. The number of amides is 2. The van der Waals surface area contributed by atoms with Crippen LogP contribution in [-0.2, 0) is 22.6 Å². The van der Waals surface area contributed by atoms with Crippen LogP contribution in [0.25, 0.3) is 0 Å². The van der Waals surface area contributed by atoms with Gasteiger partial charge in [-0.05, 0) is 49.7 Å². The number of benzene rings is 2. The van der Waals surface area contributed by atoms with Crippen LogP contribution in [0.5, 0.6) is 0 Å². The van der Waals surface area contributed by atoms with Gasteiger partial charge in [0, 0.05) is 17.8 Å². The van der Waals surface area contributed by atoms with E-state index in [1.54, 1.807) is 36.4 Å². The van der Waals surface area contributed by atoms with E-state index in [1.165, 1.54) is 17.8 Å². The second-order valence-electron chi connectivity index (χ2n) is 7.51. The van der Waals surface area contributed by atoms with E-state index >= 15 is 0 Å². The molecule has 0 aliphatic carbocycles. The minimum atomic E-state index is -0.433. The molecule has 1 heterocycles. The Labute approximate surface area is 222 Å². The van der Waals surface area contributed by atoms with Gasteiger partial charge in [-0.25, -0.2) is 4.79 Å². The first-order chi connectivity index (χ1) is 17.3. The first-order valence-electron chi connectivity index (χ1n) is 11.2. The van der Waals surface area contributed by atoms with Crippen LogP contribution in [0, 0.1) is 0 Å². The van der Waals surface area contributed by atoms with E-state index < -0.39 is 5.97 Å². The molecule has 1 aromatic heterocycles. The third-order valence-corrected chi connectivity index (χ3v) is 6.56. The molecule has 0 saturated heterocycles. The Hall–Kier alpha value is -3.08. The summed E-state index contributed by atoms with van der Waals surface area (Å²) in [5.41, 5.74) is 1.24. The number of esters is 1. The topological polar surface area (TPSA) is 115 Å². The highest BCUT2D eigenvalue weighted by molar-refractivity contribution is 7.99. The normalized spacial score (nSPS) is 10.7. The summed E-state index contributed by atoms with van der Waals surface area (Å²) in [4.78, 5) is 37.0. The first kappa shape index (κ1) is 27.5. The van der Waals surface area contributed by atoms with Gasteiger partial charge in [-0.15, -0.1) is 10.2 Å². The monoisotopic (exact) mass is 549 g/mol. The van der Waals surface area contributed by atoms with Gasteiger partial charge in [-0.2, -0.15) is 0 Å². The molecular formula is C24H25Cl2N5O4S. The quantitative estimate of drug-likeness (QED) is 0.260. The number of hydrogen-bond donors (Lipinski definition) is 2. The van der Waals surface area contributed by atoms with Gasteiger partial charge in [0.05, 0.1) is 34.5 Å². The Kier molecular flexibility index (Phi) is 10.2. The van der Waals surface area contributed by atoms with Crippen LogP contribution in [0.4, 0.5) is 5.69 Å². The molecular weight excluding hydrogens is 525 g/mol. The van der Waals surface area contributed by atoms with Gasteiger partial charge in [0.15, 0.2) is 11.0 Å². The van der Waals surface area contributed by atoms with Gasteiger partial charge in [0.2, 0.25) is 5.91 Å². The third-order valence-electron chi connectivity index (χ3n) is 4.85. The van der Waals surface area contributed by atoms with Crippen LogP contribution >= 0.6 is 35.0 Å². The molecule has 0 fully saturated rings. The minimum absolute atomic E-state index is 0.0816. The van der Waals surface area contributed by atoms with Gasteiger partial charge in [-0.3, -0.25) is 9.59 Å². The Bertz CT molecular complexity index is 1250. The van der Waals surface area contributed by atoms with Crippen LogP contribution < -0.4 is 10.6 Å². The number of hydrogen-bond acceptors (Lipinski definition) is 7. The lowest BCUT2D eigenvalue weighted by Crippen LogP contribution is -2.24. The van der Waals surface area contributed by atoms with E-state index in [9.17, 15) is 14.4 Å². The Morgan fingerprint density at radius 2 is 1.83 bits per heavy atom. The summed E-state index contributed by atoms with van der Waals surface area (Å²) in [5.74, 6) is -0.393. The Morgan fingerprint density at radius 1 is 1.03 bits per heavy atom. The summed E-state index contributed by atoms with van der Waals surface area (Å²) in [6.45, 7) is 4.87. The number of ether oxygens (including phenoxy) is 1. The van der Waals surface area contributed by atoms with Crippen LogP contribution in [0.15, 0.2) is 47.6 Å². The summed E-state index contributed by atoms with van der Waals surface area (Å²) >= 11 is 13.1. The standard InChI is InChI=1S/C24H25Cl2N5O4S/c1-3-10-35-23(34)16-6-5-7-17(11-16)28-21(32)14-36-24-30-29-20(31(24)4-2)13-27-22(33)15-8-9-18(25)19(26)12-15/h5-9,11-12H,3-4,10,13-14H2,1-2H3,(H,27,33)(H,28,32). The van der Waals surface area contributed by atoms with Crippen molar-refractivity contribution in [2.45, 2.75) is 38.5 Å². The zero-order chi connectivity index (χ0) is 26.1. The van der Waals surface area contributed by atoms with E-state index in [2.05, 4.69) is 20.8 Å². The summed E-state index contributed by atoms with van der Waals surface area (Å²) in [6.07, 6.45) is 0.729. The molecule has 2 N–H and O–H groups in total. The first-order valence-corrected chi connectivity index (χ1v) is 12.9. The lowest BCUT2D eigenvalue weighted by Gasteiger charge is -2.09. The van der Waals surface area contributed by atoms with Crippen molar-refractivity contribution in [3.05, 3.63) is 69.5 Å². The van der Waals surface area contributed by atoms with Crippen LogP contribution in [-0.4, -0.2) is 44.9 Å². The van der Waals surface area contributed by atoms with Gasteiger partial charge in [-0.1, -0.05) is 48.0 Å². The largest absolute Gasteiger partial charge is 0.462 e. The molecule has 0 aliphatic heterocycles. The Balaban J connectivity index is 1.55. The smallest absolute Gasteiger partial charge is 0.338 e. The van der Waals surface area contributed by atoms with Crippen molar-refractivity contribution in [1.82, 2.24) is 20.1 Å². The van der Waals surface area contributed by atoms with Gasteiger partial charge >= 0.3 is 5.97 Å². The molecule has 3 aromatic rings. The molecule has 0 atom stereocenters. The number of nitrogens with one attached hydrogen (secondary N) is 2. The van der Waals surface area contributed by atoms with Crippen molar-refractivity contribution in [2.24, 2.45) is 0 Å². The summed E-state index contributed by atoms with van der Waals surface area (Å²) < 4.78 is 6.95. The number of carbonyl (C=O) groups is 3. The molecule has 190 valence electrons.